The van der Waals surface area contributed by atoms with E-state index in [2.05, 4.69) is 15.0 Å². The number of carboxylic acids is 1. The number of H-pyrrole nitrogens is 1. The molecule has 2 N–H and O–H groups in total. The molecule has 3 rings (SSSR count). The molecule has 16 heavy (non-hydrogen) atoms. The van der Waals surface area contributed by atoms with E-state index in [-0.39, 0.29) is 5.69 Å². The minimum atomic E-state index is -1.05. The Hall–Kier alpha value is -2.57. The van der Waals surface area contributed by atoms with Gasteiger partial charge in [-0.1, -0.05) is 0 Å². The molecule has 0 atom stereocenters. The van der Waals surface area contributed by atoms with E-state index in [0.717, 1.165) is 0 Å². The minimum Gasteiger partial charge on any atom is -0.477 e. The van der Waals surface area contributed by atoms with Crippen molar-refractivity contribution in [1.82, 2.24) is 19.4 Å². The first-order chi connectivity index (χ1) is 7.75. The van der Waals surface area contributed by atoms with Crippen molar-refractivity contribution >= 4 is 11.8 Å². The Bertz CT molecular complexity index is 663. The fourth-order valence-electron chi connectivity index (χ4n) is 1.46. The summed E-state index contributed by atoms with van der Waals surface area (Å²) >= 11 is 0. The van der Waals surface area contributed by atoms with Gasteiger partial charge in [0.05, 0.1) is 12.4 Å². The predicted molar refractivity (Wildman–Crippen MR) is 52.0 cm³/mol. The highest BCUT2D eigenvalue weighted by Crippen LogP contribution is 2.17. The van der Waals surface area contributed by atoms with Gasteiger partial charge in [-0.3, -0.25) is 4.40 Å². The second-order valence-corrected chi connectivity index (χ2v) is 3.15. The maximum atomic E-state index is 10.7. The van der Waals surface area contributed by atoms with Crippen LogP contribution in [0.2, 0.25) is 0 Å². The van der Waals surface area contributed by atoms with E-state index in [0.29, 0.717) is 17.4 Å². The van der Waals surface area contributed by atoms with E-state index in [1.165, 1.54) is 12.5 Å². The van der Waals surface area contributed by atoms with Crippen LogP contribution in [0.15, 0.2) is 29.3 Å². The summed E-state index contributed by atoms with van der Waals surface area (Å²) in [7, 11) is 0. The Labute approximate surface area is 88.4 Å². The molecule has 0 radical (unpaired) electrons. The molecular weight excluding hydrogens is 212 g/mol. The molecule has 7 nitrogen and oxygen atoms in total. The maximum absolute atomic E-state index is 10.7. The second-order valence-electron chi connectivity index (χ2n) is 3.15. The molecule has 0 unspecified atom stereocenters. The molecule has 80 valence electrons. The Balaban J connectivity index is 2.15. The lowest BCUT2D eigenvalue weighted by atomic mass is 10.4. The molecule has 0 aliphatic heterocycles. The number of rotatable bonds is 2. The molecule has 0 fully saturated rings. The van der Waals surface area contributed by atoms with Crippen molar-refractivity contribution in [3.8, 4) is 11.5 Å². The van der Waals surface area contributed by atoms with Crippen molar-refractivity contribution in [3.05, 3.63) is 30.5 Å². The van der Waals surface area contributed by atoms with Gasteiger partial charge in [0.2, 0.25) is 0 Å². The third-order valence-electron chi connectivity index (χ3n) is 2.20. The minimum absolute atomic E-state index is 0.0356. The Kier molecular flexibility index (Phi) is 1.61. The monoisotopic (exact) mass is 218 g/mol. The number of fused-ring (bicyclic) bond motifs is 1. The number of oxazole rings is 1. The van der Waals surface area contributed by atoms with Crippen LogP contribution < -0.4 is 0 Å². The summed E-state index contributed by atoms with van der Waals surface area (Å²) in [5.41, 5.74) is 0.685. The Morgan fingerprint density at radius 3 is 3.06 bits per heavy atom. The summed E-state index contributed by atoms with van der Waals surface area (Å²) in [5.74, 6) is -0.179. The zero-order valence-corrected chi connectivity index (χ0v) is 7.91. The number of imidazole rings is 2. The molecule has 7 heteroatoms. The highest BCUT2D eigenvalue weighted by molar-refractivity contribution is 5.85. The smallest absolute Gasteiger partial charge is 0.353 e. The zero-order chi connectivity index (χ0) is 11.1. The molecule has 0 spiro atoms. The van der Waals surface area contributed by atoms with Crippen LogP contribution in [0.5, 0.6) is 0 Å². The largest absolute Gasteiger partial charge is 0.477 e. The second kappa shape index (κ2) is 2.96. The van der Waals surface area contributed by atoms with E-state index < -0.39 is 5.97 Å². The molecule has 0 bridgehead atoms. The average molecular weight is 218 g/mol. The first-order valence-electron chi connectivity index (χ1n) is 4.45. The lowest BCUT2D eigenvalue weighted by Crippen LogP contribution is -1.95. The van der Waals surface area contributed by atoms with Crippen molar-refractivity contribution < 1.29 is 14.3 Å². The quantitative estimate of drug-likeness (QED) is 0.669. The van der Waals surface area contributed by atoms with Gasteiger partial charge in [0.25, 0.3) is 0 Å². The third kappa shape index (κ3) is 1.11. The van der Waals surface area contributed by atoms with Crippen LogP contribution in [0.1, 0.15) is 10.5 Å². The lowest BCUT2D eigenvalue weighted by molar-refractivity contribution is 0.0691. The molecular formula is C9H6N4O3. The summed E-state index contributed by atoms with van der Waals surface area (Å²) in [6, 6.07) is 0. The summed E-state index contributed by atoms with van der Waals surface area (Å²) < 4.78 is 6.74. The Morgan fingerprint density at radius 2 is 2.31 bits per heavy atom. The van der Waals surface area contributed by atoms with Crippen LogP contribution in [-0.2, 0) is 0 Å². The first-order valence-corrected chi connectivity index (χ1v) is 4.45. The highest BCUT2D eigenvalue weighted by atomic mass is 16.4. The number of carboxylic acid groups (broad SMARTS) is 1. The molecule has 3 heterocycles. The first kappa shape index (κ1) is 8.72. The molecule has 0 aliphatic carbocycles. The topological polar surface area (TPSA) is 96.4 Å². The van der Waals surface area contributed by atoms with Crippen molar-refractivity contribution in [2.24, 2.45) is 0 Å². The SMILES string of the molecule is O=C(O)c1cnc(-c2cnc3occn23)[nH]1. The fourth-order valence-corrected chi connectivity index (χ4v) is 1.46. The van der Waals surface area contributed by atoms with Crippen molar-refractivity contribution in [2.75, 3.05) is 0 Å². The van der Waals surface area contributed by atoms with Gasteiger partial charge in [0, 0.05) is 6.20 Å². The highest BCUT2D eigenvalue weighted by Gasteiger charge is 2.13. The van der Waals surface area contributed by atoms with Gasteiger partial charge in [-0.2, -0.15) is 0 Å². The van der Waals surface area contributed by atoms with Crippen LogP contribution >= 0.6 is 0 Å². The number of hydrogen-bond donors (Lipinski definition) is 2. The number of nitrogens with one attached hydrogen (secondary N) is 1. The van der Waals surface area contributed by atoms with Gasteiger partial charge in [0.1, 0.15) is 17.7 Å². The number of aromatic nitrogens is 4. The summed E-state index contributed by atoms with van der Waals surface area (Å²) in [4.78, 5) is 21.3. The molecule has 0 aliphatic rings. The van der Waals surface area contributed by atoms with Crippen molar-refractivity contribution in [3.63, 3.8) is 0 Å². The van der Waals surface area contributed by atoms with Gasteiger partial charge in [-0.05, 0) is 0 Å². The van der Waals surface area contributed by atoms with E-state index in [4.69, 9.17) is 9.52 Å². The third-order valence-corrected chi connectivity index (χ3v) is 2.20. The van der Waals surface area contributed by atoms with E-state index in [1.54, 1.807) is 16.8 Å². The molecule has 0 amide bonds. The van der Waals surface area contributed by atoms with Gasteiger partial charge < -0.3 is 14.5 Å². The normalized spacial score (nSPS) is 11.0. The molecule has 0 saturated heterocycles. The summed E-state index contributed by atoms with van der Waals surface area (Å²) in [5, 5.41) is 8.76. The number of nitrogens with zero attached hydrogens (tertiary/aromatic N) is 3. The van der Waals surface area contributed by atoms with Gasteiger partial charge in [0.15, 0.2) is 5.82 Å². The van der Waals surface area contributed by atoms with Crippen LogP contribution in [0.3, 0.4) is 0 Å². The summed E-state index contributed by atoms with van der Waals surface area (Å²) in [6.45, 7) is 0. The standard InChI is InChI=1S/C9H6N4O3/c14-8(15)5-3-10-7(12-5)6-4-11-9-13(6)1-2-16-9/h1-4H,(H,10,12)(H,14,15). The molecule has 0 saturated carbocycles. The van der Waals surface area contributed by atoms with Crippen LogP contribution in [0.25, 0.3) is 17.4 Å². The lowest BCUT2D eigenvalue weighted by Gasteiger charge is -1.91. The van der Waals surface area contributed by atoms with Crippen LogP contribution in [-0.4, -0.2) is 30.4 Å². The molecule has 3 aromatic rings. The van der Waals surface area contributed by atoms with E-state index >= 15 is 0 Å². The number of aromatic amines is 1. The van der Waals surface area contributed by atoms with Crippen molar-refractivity contribution in [1.29, 1.82) is 0 Å². The molecule has 0 aromatic carbocycles. The van der Waals surface area contributed by atoms with Gasteiger partial charge in [-0.15, -0.1) is 0 Å². The number of carbonyl (C=O) groups is 1. The van der Waals surface area contributed by atoms with E-state index in [9.17, 15) is 4.79 Å². The van der Waals surface area contributed by atoms with Crippen LogP contribution in [0.4, 0.5) is 0 Å². The van der Waals surface area contributed by atoms with Crippen molar-refractivity contribution in [2.45, 2.75) is 0 Å². The number of aromatic carboxylic acids is 1. The van der Waals surface area contributed by atoms with E-state index in [1.807, 2.05) is 0 Å². The number of hydrogen-bond acceptors (Lipinski definition) is 4. The fraction of sp³-hybridized carbons (Fsp3) is 0. The molecule has 3 aromatic heterocycles. The average Bonchev–Trinajstić information content (AvgIpc) is 2.92. The Morgan fingerprint density at radius 1 is 1.44 bits per heavy atom. The maximum Gasteiger partial charge on any atom is 0.353 e. The summed E-state index contributed by atoms with van der Waals surface area (Å²) in [6.07, 6.45) is 5.99. The van der Waals surface area contributed by atoms with Gasteiger partial charge in [-0.25, -0.2) is 14.8 Å². The van der Waals surface area contributed by atoms with Crippen LogP contribution in [0, 0.1) is 0 Å². The predicted octanol–water partition coefficient (Wildman–Crippen LogP) is 1.02. The van der Waals surface area contributed by atoms with Gasteiger partial charge >= 0.3 is 11.8 Å². The zero-order valence-electron chi connectivity index (χ0n) is 7.91.